The largest absolute Gasteiger partial charge is 0.494 e. The molecule has 9 heteroatoms. The quantitative estimate of drug-likeness (QED) is 0.335. The van der Waals surface area contributed by atoms with Crippen molar-refractivity contribution < 1.29 is 14.3 Å². The summed E-state index contributed by atoms with van der Waals surface area (Å²) in [6.45, 7) is 7.52. The predicted molar refractivity (Wildman–Crippen MR) is 138 cm³/mol. The third kappa shape index (κ3) is 5.18. The molecule has 1 atom stereocenters. The highest BCUT2D eigenvalue weighted by Crippen LogP contribution is 2.40. The van der Waals surface area contributed by atoms with E-state index in [1.54, 1.807) is 15.9 Å². The Morgan fingerprint density at radius 3 is 2.72 bits per heavy atom. The van der Waals surface area contributed by atoms with Crippen LogP contribution in [0.2, 0.25) is 5.02 Å². The smallest absolute Gasteiger partial charge is 0.411 e. The van der Waals surface area contributed by atoms with E-state index in [1.165, 1.54) is 11.9 Å². The predicted octanol–water partition coefficient (Wildman–Crippen LogP) is 5.76. The summed E-state index contributed by atoms with van der Waals surface area (Å²) in [6.07, 6.45) is 4.43. The Hall–Kier alpha value is -3.52. The average Bonchev–Trinajstić information content (AvgIpc) is 3.48. The van der Waals surface area contributed by atoms with Crippen molar-refractivity contribution in [3.8, 4) is 5.75 Å². The van der Waals surface area contributed by atoms with Gasteiger partial charge in [0.15, 0.2) is 0 Å². The van der Waals surface area contributed by atoms with Gasteiger partial charge in [0.2, 0.25) is 0 Å². The first kappa shape index (κ1) is 24.2. The van der Waals surface area contributed by atoms with Crippen LogP contribution in [0.5, 0.6) is 5.75 Å². The van der Waals surface area contributed by atoms with E-state index in [9.17, 15) is 4.79 Å². The molecule has 188 valence electrons. The van der Waals surface area contributed by atoms with Crippen molar-refractivity contribution in [1.82, 2.24) is 24.6 Å². The minimum atomic E-state index is -0.584. The lowest BCUT2D eigenvalue weighted by atomic mass is 9.92. The molecule has 0 saturated carbocycles. The SMILES string of the molecule is CC(C)(C)OC(=O)N1CCc2c([nH]c3ccc(Cl)cc23)C1c1ccc(OCCCn2cncn2)cc1. The average molecular weight is 508 g/mol. The first-order valence-corrected chi connectivity index (χ1v) is 12.5. The fourth-order valence-corrected chi connectivity index (χ4v) is 4.81. The van der Waals surface area contributed by atoms with Crippen LogP contribution in [0.3, 0.4) is 0 Å². The zero-order chi connectivity index (χ0) is 25.3. The molecule has 0 bridgehead atoms. The van der Waals surface area contributed by atoms with Crippen molar-refractivity contribution in [3.63, 3.8) is 0 Å². The summed E-state index contributed by atoms with van der Waals surface area (Å²) in [7, 11) is 0. The molecule has 36 heavy (non-hydrogen) atoms. The van der Waals surface area contributed by atoms with Crippen LogP contribution in [-0.2, 0) is 17.7 Å². The van der Waals surface area contributed by atoms with Gasteiger partial charge in [0.25, 0.3) is 0 Å². The lowest BCUT2D eigenvalue weighted by Crippen LogP contribution is -2.43. The van der Waals surface area contributed by atoms with Crippen molar-refractivity contribution in [2.24, 2.45) is 0 Å². The number of carbonyl (C=O) groups excluding carboxylic acids is 1. The molecule has 1 amide bonds. The maximum absolute atomic E-state index is 13.2. The van der Waals surface area contributed by atoms with Gasteiger partial charge in [-0.15, -0.1) is 0 Å². The molecule has 3 heterocycles. The van der Waals surface area contributed by atoms with Crippen LogP contribution in [0.15, 0.2) is 55.1 Å². The van der Waals surface area contributed by atoms with Crippen LogP contribution in [-0.4, -0.2) is 49.5 Å². The molecule has 0 saturated heterocycles. The highest BCUT2D eigenvalue weighted by Gasteiger charge is 2.36. The molecule has 0 spiro atoms. The van der Waals surface area contributed by atoms with Gasteiger partial charge >= 0.3 is 6.09 Å². The number of aromatic nitrogens is 4. The summed E-state index contributed by atoms with van der Waals surface area (Å²) in [4.78, 5) is 22.6. The van der Waals surface area contributed by atoms with E-state index in [0.29, 0.717) is 18.2 Å². The van der Waals surface area contributed by atoms with Crippen LogP contribution in [0.25, 0.3) is 10.9 Å². The minimum Gasteiger partial charge on any atom is -0.494 e. The second-order valence-corrected chi connectivity index (χ2v) is 10.4. The first-order valence-electron chi connectivity index (χ1n) is 12.1. The van der Waals surface area contributed by atoms with Crippen LogP contribution in [0, 0.1) is 0 Å². The molecule has 1 aliphatic rings. The topological polar surface area (TPSA) is 85.3 Å². The third-order valence-corrected chi connectivity index (χ3v) is 6.41. The summed E-state index contributed by atoms with van der Waals surface area (Å²) in [5.74, 6) is 0.778. The molecule has 1 unspecified atom stereocenters. The van der Waals surface area contributed by atoms with Gasteiger partial charge in [-0.3, -0.25) is 9.58 Å². The number of benzene rings is 2. The Bertz CT molecular complexity index is 1340. The van der Waals surface area contributed by atoms with Crippen LogP contribution < -0.4 is 4.74 Å². The highest BCUT2D eigenvalue weighted by atomic mass is 35.5. The fraction of sp³-hybridized carbons (Fsp3) is 0.370. The lowest BCUT2D eigenvalue weighted by Gasteiger charge is -2.37. The van der Waals surface area contributed by atoms with Crippen LogP contribution >= 0.6 is 11.6 Å². The van der Waals surface area contributed by atoms with Gasteiger partial charge in [0.1, 0.15) is 30.0 Å². The molecule has 8 nitrogen and oxygen atoms in total. The summed E-state index contributed by atoms with van der Waals surface area (Å²) in [5, 5.41) is 5.89. The molecular formula is C27H30ClN5O3. The normalized spacial score (nSPS) is 15.7. The van der Waals surface area contributed by atoms with E-state index in [1.807, 2.05) is 63.2 Å². The molecule has 4 aromatic rings. The number of aromatic amines is 1. The number of ether oxygens (including phenoxy) is 2. The van der Waals surface area contributed by atoms with Gasteiger partial charge in [-0.05, 0) is 68.7 Å². The number of hydrogen-bond acceptors (Lipinski definition) is 5. The van der Waals surface area contributed by atoms with Gasteiger partial charge in [-0.2, -0.15) is 5.10 Å². The van der Waals surface area contributed by atoms with Crippen LogP contribution in [0.4, 0.5) is 4.79 Å². The number of carbonyl (C=O) groups is 1. The molecule has 0 aliphatic carbocycles. The maximum atomic E-state index is 13.2. The summed E-state index contributed by atoms with van der Waals surface area (Å²) >= 11 is 6.30. The highest BCUT2D eigenvalue weighted by molar-refractivity contribution is 6.31. The van der Waals surface area contributed by atoms with Crippen molar-refractivity contribution in [2.75, 3.05) is 13.2 Å². The Morgan fingerprint density at radius 2 is 2.00 bits per heavy atom. The molecule has 2 aromatic heterocycles. The zero-order valence-corrected chi connectivity index (χ0v) is 21.5. The molecule has 0 radical (unpaired) electrons. The summed E-state index contributed by atoms with van der Waals surface area (Å²) in [5.41, 5.74) is 3.58. The minimum absolute atomic E-state index is 0.309. The zero-order valence-electron chi connectivity index (χ0n) is 20.7. The second kappa shape index (κ2) is 9.85. The Labute approximate surface area is 215 Å². The summed E-state index contributed by atoms with van der Waals surface area (Å²) < 4.78 is 13.5. The van der Waals surface area contributed by atoms with E-state index in [2.05, 4.69) is 15.1 Å². The maximum Gasteiger partial charge on any atom is 0.411 e. The monoisotopic (exact) mass is 507 g/mol. The van der Waals surface area contributed by atoms with E-state index in [0.717, 1.165) is 47.3 Å². The van der Waals surface area contributed by atoms with Crippen molar-refractivity contribution >= 4 is 28.6 Å². The van der Waals surface area contributed by atoms with E-state index < -0.39 is 5.60 Å². The molecular weight excluding hydrogens is 478 g/mol. The molecule has 2 aromatic carbocycles. The van der Waals surface area contributed by atoms with E-state index in [4.69, 9.17) is 21.1 Å². The second-order valence-electron chi connectivity index (χ2n) is 9.96. The van der Waals surface area contributed by atoms with Crippen molar-refractivity contribution in [1.29, 1.82) is 0 Å². The standard InChI is InChI=1S/C27H30ClN5O3/c1-27(2,3)36-26(34)33-13-11-21-22-15-19(28)7-10-23(22)31-24(21)25(33)18-5-8-20(9-6-18)35-14-4-12-32-17-29-16-30-32/h5-10,15-17,25,31H,4,11-14H2,1-3H3. The first-order chi connectivity index (χ1) is 17.3. The van der Waals surface area contributed by atoms with Gasteiger partial charge in [-0.25, -0.2) is 9.78 Å². The van der Waals surface area contributed by atoms with Gasteiger partial charge in [0, 0.05) is 41.1 Å². The Kier molecular flexibility index (Phi) is 6.62. The molecule has 0 fully saturated rings. The van der Waals surface area contributed by atoms with Crippen molar-refractivity contribution in [2.45, 2.75) is 51.8 Å². The fourth-order valence-electron chi connectivity index (χ4n) is 4.64. The van der Waals surface area contributed by atoms with E-state index >= 15 is 0 Å². The number of fused-ring (bicyclic) bond motifs is 3. The van der Waals surface area contributed by atoms with Gasteiger partial charge < -0.3 is 14.5 Å². The van der Waals surface area contributed by atoms with E-state index in [-0.39, 0.29) is 12.1 Å². The number of hydrogen-bond donors (Lipinski definition) is 1. The lowest BCUT2D eigenvalue weighted by molar-refractivity contribution is 0.0175. The third-order valence-electron chi connectivity index (χ3n) is 6.18. The number of aryl methyl sites for hydroxylation is 1. The van der Waals surface area contributed by atoms with Crippen molar-refractivity contribution in [3.05, 3.63) is 77.0 Å². The Morgan fingerprint density at radius 1 is 1.19 bits per heavy atom. The molecule has 1 aliphatic heterocycles. The van der Waals surface area contributed by atoms with Gasteiger partial charge in [-0.1, -0.05) is 23.7 Å². The summed E-state index contributed by atoms with van der Waals surface area (Å²) in [6, 6.07) is 13.5. The number of amides is 1. The van der Waals surface area contributed by atoms with Gasteiger partial charge in [0.05, 0.1) is 6.61 Å². The molecule has 1 N–H and O–H groups in total. The number of halogens is 1. The number of rotatable bonds is 6. The number of nitrogens with one attached hydrogen (secondary N) is 1. The number of nitrogens with zero attached hydrogens (tertiary/aromatic N) is 4. The molecule has 5 rings (SSSR count). The number of H-pyrrole nitrogens is 1. The Balaban J connectivity index is 1.40. The van der Waals surface area contributed by atoms with Crippen LogP contribution in [0.1, 0.15) is 50.1 Å².